The lowest BCUT2D eigenvalue weighted by molar-refractivity contribution is 0.174. The molecule has 8 heteroatoms. The molecule has 1 aliphatic rings. The lowest BCUT2D eigenvalue weighted by atomic mass is 9.93. The highest BCUT2D eigenvalue weighted by Gasteiger charge is 2.23. The third kappa shape index (κ3) is 3.48. The highest BCUT2D eigenvalue weighted by molar-refractivity contribution is 7.89. The van der Waals surface area contributed by atoms with Gasteiger partial charge in [0.05, 0.1) is 19.1 Å². The Morgan fingerprint density at radius 2 is 1.48 bits per heavy atom. The summed E-state index contributed by atoms with van der Waals surface area (Å²) in [5.74, 6) is 2.25. The largest absolute Gasteiger partial charge is 0.493 e. The van der Waals surface area contributed by atoms with Gasteiger partial charge in [-0.15, -0.1) is 0 Å². The van der Waals surface area contributed by atoms with Gasteiger partial charge in [0.25, 0.3) is 0 Å². The second-order valence-corrected chi connectivity index (χ2v) is 7.89. The molecule has 29 heavy (non-hydrogen) atoms. The van der Waals surface area contributed by atoms with Gasteiger partial charge in [-0.1, -0.05) is 24.3 Å². The predicted octanol–water partition coefficient (Wildman–Crippen LogP) is 3.41. The molecule has 0 fully saturated rings. The number of nitrogens with two attached hydrogens (primary N) is 1. The molecule has 0 bridgehead atoms. The highest BCUT2D eigenvalue weighted by atomic mass is 32.2. The topological polar surface area (TPSA) is 97.1 Å². The van der Waals surface area contributed by atoms with Gasteiger partial charge >= 0.3 is 0 Å². The molecular weight excluding hydrogens is 394 g/mol. The van der Waals surface area contributed by atoms with Crippen LogP contribution in [0.15, 0.2) is 59.5 Å². The molecule has 150 valence electrons. The minimum atomic E-state index is -3.93. The highest BCUT2D eigenvalue weighted by Crippen LogP contribution is 2.45. The van der Waals surface area contributed by atoms with Crippen molar-refractivity contribution in [3.63, 3.8) is 0 Å². The van der Waals surface area contributed by atoms with Crippen LogP contribution in [-0.2, 0) is 10.0 Å². The first-order valence-electron chi connectivity index (χ1n) is 8.70. The van der Waals surface area contributed by atoms with Crippen molar-refractivity contribution >= 4 is 10.0 Å². The van der Waals surface area contributed by atoms with Gasteiger partial charge in [-0.25, -0.2) is 13.6 Å². The number of hydrogen-bond donors (Lipinski definition) is 1. The number of rotatable bonds is 5. The van der Waals surface area contributed by atoms with Gasteiger partial charge in [0.15, 0.2) is 23.0 Å². The van der Waals surface area contributed by atoms with Crippen molar-refractivity contribution < 1.29 is 27.4 Å². The number of benzene rings is 3. The Morgan fingerprint density at radius 1 is 0.828 bits per heavy atom. The van der Waals surface area contributed by atoms with Crippen LogP contribution in [0.4, 0.5) is 0 Å². The molecule has 0 saturated heterocycles. The molecule has 0 amide bonds. The first-order chi connectivity index (χ1) is 13.9. The summed E-state index contributed by atoms with van der Waals surface area (Å²) in [7, 11) is -0.819. The van der Waals surface area contributed by atoms with E-state index >= 15 is 0 Å². The number of fused-ring (bicyclic) bond motifs is 1. The summed E-state index contributed by atoms with van der Waals surface area (Å²) in [6.45, 7) is 0.0982. The number of ether oxygens (including phenoxy) is 4. The van der Waals surface area contributed by atoms with Gasteiger partial charge in [-0.2, -0.15) is 0 Å². The summed E-state index contributed by atoms with van der Waals surface area (Å²) >= 11 is 0. The van der Waals surface area contributed by atoms with E-state index in [4.69, 9.17) is 24.1 Å². The van der Waals surface area contributed by atoms with E-state index in [0.717, 1.165) is 11.1 Å². The van der Waals surface area contributed by atoms with E-state index in [2.05, 4.69) is 0 Å². The fourth-order valence-electron chi connectivity index (χ4n) is 3.34. The van der Waals surface area contributed by atoms with E-state index in [1.807, 2.05) is 18.2 Å². The monoisotopic (exact) mass is 413 g/mol. The van der Waals surface area contributed by atoms with Crippen molar-refractivity contribution in [3.8, 4) is 45.3 Å². The van der Waals surface area contributed by atoms with Crippen LogP contribution in [0.2, 0.25) is 0 Å². The lowest BCUT2D eigenvalue weighted by Gasteiger charge is -2.16. The molecule has 2 N–H and O–H groups in total. The molecule has 1 heterocycles. The minimum Gasteiger partial charge on any atom is -0.493 e. The van der Waals surface area contributed by atoms with Crippen LogP contribution in [-0.4, -0.2) is 29.4 Å². The molecule has 4 rings (SSSR count). The molecular formula is C21H19NO6S. The smallest absolute Gasteiger partial charge is 0.238 e. The molecule has 0 spiro atoms. The molecule has 0 atom stereocenters. The van der Waals surface area contributed by atoms with Gasteiger partial charge in [-0.05, 0) is 47.0 Å². The fraction of sp³-hybridized carbons (Fsp3) is 0.143. The van der Waals surface area contributed by atoms with E-state index in [1.54, 1.807) is 44.6 Å². The van der Waals surface area contributed by atoms with Crippen LogP contribution >= 0.6 is 0 Å². The molecule has 3 aromatic carbocycles. The van der Waals surface area contributed by atoms with Gasteiger partial charge in [0.2, 0.25) is 16.8 Å². The summed E-state index contributed by atoms with van der Waals surface area (Å²) in [6, 6.07) is 15.6. The van der Waals surface area contributed by atoms with Gasteiger partial charge in [-0.3, -0.25) is 0 Å². The Balaban J connectivity index is 2.00. The second-order valence-electron chi connectivity index (χ2n) is 6.36. The maximum Gasteiger partial charge on any atom is 0.238 e. The molecule has 0 saturated carbocycles. The van der Waals surface area contributed by atoms with E-state index in [1.165, 1.54) is 6.07 Å². The van der Waals surface area contributed by atoms with Gasteiger partial charge in [0.1, 0.15) is 0 Å². The summed E-state index contributed by atoms with van der Waals surface area (Å²) in [5, 5.41) is 5.46. The molecule has 0 radical (unpaired) electrons. The molecule has 1 aliphatic heterocycles. The number of methoxy groups -OCH3 is 2. The normalized spacial score (nSPS) is 12.7. The van der Waals surface area contributed by atoms with E-state index in [9.17, 15) is 8.42 Å². The van der Waals surface area contributed by atoms with Crippen molar-refractivity contribution in [2.75, 3.05) is 21.0 Å². The van der Waals surface area contributed by atoms with Crippen molar-refractivity contribution in [1.82, 2.24) is 0 Å². The average molecular weight is 413 g/mol. The maximum atomic E-state index is 12.2. The van der Waals surface area contributed by atoms with Gasteiger partial charge < -0.3 is 18.9 Å². The number of sulfonamides is 1. The van der Waals surface area contributed by atoms with Crippen molar-refractivity contribution in [3.05, 3.63) is 54.6 Å². The lowest BCUT2D eigenvalue weighted by Crippen LogP contribution is -2.13. The van der Waals surface area contributed by atoms with Crippen LogP contribution < -0.4 is 24.1 Å². The Morgan fingerprint density at radius 3 is 2.14 bits per heavy atom. The average Bonchev–Trinajstić information content (AvgIpc) is 3.19. The van der Waals surface area contributed by atoms with E-state index < -0.39 is 10.0 Å². The molecule has 7 nitrogen and oxygen atoms in total. The Bertz CT molecular complexity index is 1190. The number of primary sulfonamides is 1. The standard InChI is InChI=1S/C21H19NO6S/c1-25-17-8-7-13(9-18(17)26-2)15-10-19-20(28-12-27-19)11-16(15)14-5-3-4-6-21(14)29(22,23)24/h3-11H,12H2,1-2H3,(H2,22,23,24). The Kier molecular flexibility index (Phi) is 4.81. The summed E-state index contributed by atoms with van der Waals surface area (Å²) < 4.78 is 46.1. The third-order valence-electron chi connectivity index (χ3n) is 4.69. The first-order valence-corrected chi connectivity index (χ1v) is 10.2. The SMILES string of the molecule is COc1ccc(-c2cc3c(cc2-c2ccccc2S(N)(=O)=O)OCO3)cc1OC. The van der Waals surface area contributed by atoms with Crippen LogP contribution in [0, 0.1) is 0 Å². The molecule has 0 aromatic heterocycles. The first kappa shape index (κ1) is 19.1. The Labute approximate surface area is 168 Å². The van der Waals surface area contributed by atoms with Crippen LogP contribution in [0.5, 0.6) is 23.0 Å². The molecule has 0 unspecified atom stereocenters. The van der Waals surface area contributed by atoms with Crippen molar-refractivity contribution in [1.29, 1.82) is 0 Å². The molecule has 3 aromatic rings. The summed E-state index contributed by atoms with van der Waals surface area (Å²) in [5.41, 5.74) is 2.65. The quantitative estimate of drug-likeness (QED) is 0.688. The van der Waals surface area contributed by atoms with Crippen molar-refractivity contribution in [2.24, 2.45) is 5.14 Å². The zero-order valence-electron chi connectivity index (χ0n) is 15.8. The van der Waals surface area contributed by atoms with E-state index in [0.29, 0.717) is 34.1 Å². The zero-order chi connectivity index (χ0) is 20.6. The minimum absolute atomic E-state index is 0.0283. The summed E-state index contributed by atoms with van der Waals surface area (Å²) in [6.07, 6.45) is 0. The number of hydrogen-bond acceptors (Lipinski definition) is 6. The van der Waals surface area contributed by atoms with Gasteiger partial charge in [0, 0.05) is 5.56 Å². The van der Waals surface area contributed by atoms with Crippen LogP contribution in [0.3, 0.4) is 0 Å². The fourth-order valence-corrected chi connectivity index (χ4v) is 4.10. The predicted molar refractivity (Wildman–Crippen MR) is 108 cm³/mol. The summed E-state index contributed by atoms with van der Waals surface area (Å²) in [4.78, 5) is 0.0283. The second kappa shape index (κ2) is 7.31. The maximum absolute atomic E-state index is 12.2. The molecule has 0 aliphatic carbocycles. The van der Waals surface area contributed by atoms with E-state index in [-0.39, 0.29) is 11.7 Å². The Hall–Kier alpha value is -3.23. The van der Waals surface area contributed by atoms with Crippen LogP contribution in [0.1, 0.15) is 0 Å². The third-order valence-corrected chi connectivity index (χ3v) is 5.66. The zero-order valence-corrected chi connectivity index (χ0v) is 16.7. The van der Waals surface area contributed by atoms with Crippen molar-refractivity contribution in [2.45, 2.75) is 4.90 Å². The van der Waals surface area contributed by atoms with Crippen LogP contribution in [0.25, 0.3) is 22.3 Å².